The molecule has 1 N–H and O–H groups in total. The molecule has 0 saturated heterocycles. The molecule has 0 spiro atoms. The number of carbonyl (C=O) groups excluding carboxylic acids is 2. The average Bonchev–Trinajstić information content (AvgIpc) is 2.74. The number of nitrogens with zero attached hydrogens (tertiary/aromatic N) is 2. The zero-order valence-electron chi connectivity index (χ0n) is 21.3. The van der Waals surface area contributed by atoms with E-state index in [4.69, 9.17) is 0 Å². The molecule has 8 heteroatoms. The summed E-state index contributed by atoms with van der Waals surface area (Å²) in [6, 6.07) is 14.0. The number of aryl methyl sites for hydroxylation is 2. The molecule has 0 fully saturated rings. The van der Waals surface area contributed by atoms with Crippen molar-refractivity contribution in [2.45, 2.75) is 66.1 Å². The average molecular weight is 488 g/mol. The van der Waals surface area contributed by atoms with Gasteiger partial charge in [-0.05, 0) is 58.2 Å². The third kappa shape index (κ3) is 7.58. The Labute approximate surface area is 204 Å². The molecule has 0 aliphatic rings. The first-order valence-corrected chi connectivity index (χ1v) is 13.3. The SMILES string of the molecule is CCc1ccccc1N(CC(=O)N(Cc1ccc(C)cc1)C(C)C(=O)NC(C)(C)C)S(C)(=O)=O. The lowest BCUT2D eigenvalue weighted by atomic mass is 10.1. The molecule has 2 amide bonds. The van der Waals surface area contributed by atoms with Crippen LogP contribution in [0.2, 0.25) is 0 Å². The molecule has 7 nitrogen and oxygen atoms in total. The van der Waals surface area contributed by atoms with Crippen LogP contribution >= 0.6 is 0 Å². The van der Waals surface area contributed by atoms with Gasteiger partial charge < -0.3 is 10.2 Å². The molecule has 0 heterocycles. The summed E-state index contributed by atoms with van der Waals surface area (Å²) in [6.07, 6.45) is 1.71. The minimum absolute atomic E-state index is 0.185. The summed E-state index contributed by atoms with van der Waals surface area (Å²) in [5.41, 5.74) is 2.77. The third-order valence-electron chi connectivity index (χ3n) is 5.46. The molecule has 186 valence electrons. The lowest BCUT2D eigenvalue weighted by molar-refractivity contribution is -0.140. The Balaban J connectivity index is 2.43. The number of hydrogen-bond acceptors (Lipinski definition) is 4. The van der Waals surface area contributed by atoms with Crippen molar-refractivity contribution < 1.29 is 18.0 Å². The number of para-hydroxylation sites is 1. The quantitative estimate of drug-likeness (QED) is 0.585. The van der Waals surface area contributed by atoms with Crippen molar-refractivity contribution in [3.8, 4) is 0 Å². The van der Waals surface area contributed by atoms with Crippen molar-refractivity contribution in [1.29, 1.82) is 0 Å². The zero-order chi connectivity index (χ0) is 25.7. The molecule has 0 aliphatic carbocycles. The van der Waals surface area contributed by atoms with E-state index in [1.165, 1.54) is 4.90 Å². The molecular weight excluding hydrogens is 450 g/mol. The summed E-state index contributed by atoms with van der Waals surface area (Å²) in [7, 11) is -3.75. The van der Waals surface area contributed by atoms with Crippen LogP contribution in [-0.2, 0) is 32.6 Å². The number of hydrogen-bond donors (Lipinski definition) is 1. The van der Waals surface area contributed by atoms with E-state index >= 15 is 0 Å². The van der Waals surface area contributed by atoms with Crippen LogP contribution in [0.15, 0.2) is 48.5 Å². The summed E-state index contributed by atoms with van der Waals surface area (Å²) < 4.78 is 26.6. The Morgan fingerprint density at radius 1 is 1.03 bits per heavy atom. The van der Waals surface area contributed by atoms with E-state index in [-0.39, 0.29) is 12.5 Å². The van der Waals surface area contributed by atoms with Crippen molar-refractivity contribution in [1.82, 2.24) is 10.2 Å². The van der Waals surface area contributed by atoms with E-state index in [1.807, 2.05) is 71.0 Å². The first-order valence-electron chi connectivity index (χ1n) is 11.5. The predicted octanol–water partition coefficient (Wildman–Crippen LogP) is 3.66. The maximum atomic E-state index is 13.6. The van der Waals surface area contributed by atoms with Gasteiger partial charge in [-0.15, -0.1) is 0 Å². The van der Waals surface area contributed by atoms with Gasteiger partial charge in [-0.25, -0.2) is 8.42 Å². The Kier molecular flexibility index (Phi) is 8.89. The van der Waals surface area contributed by atoms with Crippen LogP contribution in [0, 0.1) is 6.92 Å². The lowest BCUT2D eigenvalue weighted by Crippen LogP contribution is -2.54. The van der Waals surface area contributed by atoms with Crippen molar-refractivity contribution in [3.63, 3.8) is 0 Å². The van der Waals surface area contributed by atoms with Gasteiger partial charge in [0.25, 0.3) is 0 Å². The fourth-order valence-corrected chi connectivity index (χ4v) is 4.48. The second kappa shape index (κ2) is 11.0. The highest BCUT2D eigenvalue weighted by Gasteiger charge is 2.31. The molecular formula is C26H37N3O4S. The summed E-state index contributed by atoms with van der Waals surface area (Å²) in [5.74, 6) is -0.749. The first kappa shape index (κ1) is 27.4. The Morgan fingerprint density at radius 3 is 2.15 bits per heavy atom. The molecule has 0 saturated carbocycles. The Bertz CT molecular complexity index is 1110. The summed E-state index contributed by atoms with van der Waals surface area (Å²) in [4.78, 5) is 28.0. The van der Waals surface area contributed by atoms with E-state index in [9.17, 15) is 18.0 Å². The van der Waals surface area contributed by atoms with Crippen LogP contribution in [-0.4, -0.2) is 49.5 Å². The number of benzene rings is 2. The van der Waals surface area contributed by atoms with Gasteiger partial charge in [0, 0.05) is 12.1 Å². The number of rotatable bonds is 9. The smallest absolute Gasteiger partial charge is 0.244 e. The van der Waals surface area contributed by atoms with Crippen LogP contribution in [0.3, 0.4) is 0 Å². The van der Waals surface area contributed by atoms with E-state index in [1.54, 1.807) is 19.1 Å². The van der Waals surface area contributed by atoms with Gasteiger partial charge in [-0.3, -0.25) is 13.9 Å². The zero-order valence-corrected chi connectivity index (χ0v) is 22.1. The second-order valence-electron chi connectivity index (χ2n) is 9.67. The highest BCUT2D eigenvalue weighted by atomic mass is 32.2. The number of anilines is 1. The van der Waals surface area contributed by atoms with Gasteiger partial charge in [0.15, 0.2) is 0 Å². The molecule has 0 bridgehead atoms. The Hall–Kier alpha value is -2.87. The van der Waals surface area contributed by atoms with E-state index < -0.39 is 34.1 Å². The number of sulfonamides is 1. The molecule has 0 radical (unpaired) electrons. The molecule has 2 aromatic rings. The Morgan fingerprint density at radius 2 is 1.62 bits per heavy atom. The fraction of sp³-hybridized carbons (Fsp3) is 0.462. The van der Waals surface area contributed by atoms with Gasteiger partial charge in [-0.2, -0.15) is 0 Å². The maximum absolute atomic E-state index is 13.6. The molecule has 1 atom stereocenters. The lowest BCUT2D eigenvalue weighted by Gasteiger charge is -2.33. The highest BCUT2D eigenvalue weighted by Crippen LogP contribution is 2.24. The fourth-order valence-electron chi connectivity index (χ4n) is 3.59. The van der Waals surface area contributed by atoms with Crippen molar-refractivity contribution in [2.24, 2.45) is 0 Å². The minimum atomic E-state index is -3.75. The normalized spacial score (nSPS) is 12.7. The van der Waals surface area contributed by atoms with Crippen molar-refractivity contribution in [3.05, 3.63) is 65.2 Å². The van der Waals surface area contributed by atoms with Gasteiger partial charge >= 0.3 is 0 Å². The van der Waals surface area contributed by atoms with E-state index in [0.717, 1.165) is 27.3 Å². The van der Waals surface area contributed by atoms with Crippen molar-refractivity contribution >= 4 is 27.5 Å². The van der Waals surface area contributed by atoms with Gasteiger partial charge in [0.1, 0.15) is 12.6 Å². The van der Waals surface area contributed by atoms with E-state index in [0.29, 0.717) is 12.1 Å². The number of carbonyl (C=O) groups is 2. The van der Waals surface area contributed by atoms with Gasteiger partial charge in [0.2, 0.25) is 21.8 Å². The third-order valence-corrected chi connectivity index (χ3v) is 6.59. The molecule has 0 aliphatic heterocycles. The topological polar surface area (TPSA) is 86.8 Å². The summed E-state index contributed by atoms with van der Waals surface area (Å²) in [5, 5.41) is 2.92. The van der Waals surface area contributed by atoms with Crippen LogP contribution < -0.4 is 9.62 Å². The first-order chi connectivity index (χ1) is 15.7. The number of amides is 2. The predicted molar refractivity (Wildman–Crippen MR) is 137 cm³/mol. The molecule has 1 unspecified atom stereocenters. The summed E-state index contributed by atoms with van der Waals surface area (Å²) in [6.45, 7) is 11.0. The van der Waals surface area contributed by atoms with Crippen LogP contribution in [0.4, 0.5) is 5.69 Å². The maximum Gasteiger partial charge on any atom is 0.244 e. The highest BCUT2D eigenvalue weighted by molar-refractivity contribution is 7.92. The van der Waals surface area contributed by atoms with E-state index in [2.05, 4.69) is 5.32 Å². The van der Waals surface area contributed by atoms with Crippen LogP contribution in [0.5, 0.6) is 0 Å². The van der Waals surface area contributed by atoms with Gasteiger partial charge in [0.05, 0.1) is 11.9 Å². The monoisotopic (exact) mass is 487 g/mol. The summed E-state index contributed by atoms with van der Waals surface area (Å²) >= 11 is 0. The minimum Gasteiger partial charge on any atom is -0.350 e. The molecule has 2 rings (SSSR count). The molecule has 34 heavy (non-hydrogen) atoms. The largest absolute Gasteiger partial charge is 0.350 e. The standard InChI is InChI=1S/C26H37N3O4S/c1-8-22-11-9-10-12-23(22)29(34(7,32)33)18-24(30)28(17-21-15-13-19(2)14-16-21)20(3)25(31)27-26(4,5)6/h9-16,20H,8,17-18H2,1-7H3,(H,27,31). The second-order valence-corrected chi connectivity index (χ2v) is 11.6. The molecule has 0 aromatic heterocycles. The van der Waals surface area contributed by atoms with Gasteiger partial charge in [-0.1, -0.05) is 55.0 Å². The molecule has 2 aromatic carbocycles. The van der Waals surface area contributed by atoms with Crippen LogP contribution in [0.1, 0.15) is 51.3 Å². The number of nitrogens with one attached hydrogen (secondary N) is 1. The van der Waals surface area contributed by atoms with Crippen molar-refractivity contribution in [2.75, 3.05) is 17.1 Å². The van der Waals surface area contributed by atoms with Crippen LogP contribution in [0.25, 0.3) is 0 Å².